The number of hydrogen-bond donors (Lipinski definition) is 1. The highest BCUT2D eigenvalue weighted by Crippen LogP contribution is 2.22. The van der Waals surface area contributed by atoms with Crippen LogP contribution in [0.3, 0.4) is 0 Å². The van der Waals surface area contributed by atoms with E-state index in [4.69, 9.17) is 0 Å². The molecule has 1 aromatic carbocycles. The molecule has 6 nitrogen and oxygen atoms in total. The Bertz CT molecular complexity index is 782. The maximum Gasteiger partial charge on any atom is 0.406 e. The number of nitrogens with zero attached hydrogens (tertiary/aromatic N) is 4. The molecule has 1 aliphatic heterocycles. The van der Waals surface area contributed by atoms with Gasteiger partial charge < -0.3 is 14.8 Å². The molecule has 0 spiro atoms. The minimum absolute atomic E-state index is 0.0484. The number of carbonyl (C=O) groups is 1. The van der Waals surface area contributed by atoms with E-state index in [9.17, 15) is 18.0 Å². The molecule has 0 aliphatic carbocycles. The van der Waals surface area contributed by atoms with E-state index in [0.717, 1.165) is 23.3 Å². The Balaban J connectivity index is 1.50. The lowest BCUT2D eigenvalue weighted by molar-refractivity contribution is -0.141. The first kappa shape index (κ1) is 20.2. The Morgan fingerprint density at radius 3 is 2.54 bits per heavy atom. The van der Waals surface area contributed by atoms with Crippen LogP contribution in [0, 0.1) is 0 Å². The van der Waals surface area contributed by atoms with Gasteiger partial charge in [-0.3, -0.25) is 9.69 Å². The summed E-state index contributed by atoms with van der Waals surface area (Å²) in [5.41, 5.74) is 1.84. The Labute approximate surface area is 161 Å². The second-order valence-corrected chi connectivity index (χ2v) is 7.05. The minimum Gasteiger partial charge on any atom is -0.372 e. The van der Waals surface area contributed by atoms with Crippen molar-refractivity contribution in [2.45, 2.75) is 32.1 Å². The first-order valence-corrected chi connectivity index (χ1v) is 9.20. The van der Waals surface area contributed by atoms with Crippen LogP contribution in [-0.4, -0.2) is 53.2 Å². The van der Waals surface area contributed by atoms with Crippen molar-refractivity contribution in [1.29, 1.82) is 0 Å². The van der Waals surface area contributed by atoms with E-state index in [1.807, 2.05) is 24.3 Å². The van der Waals surface area contributed by atoms with Crippen molar-refractivity contribution < 1.29 is 18.0 Å². The van der Waals surface area contributed by atoms with Crippen LogP contribution in [0.4, 0.5) is 24.5 Å². The zero-order valence-electron chi connectivity index (χ0n) is 15.7. The number of benzene rings is 1. The summed E-state index contributed by atoms with van der Waals surface area (Å²) in [6.07, 6.45) is 0.709. The molecule has 1 N–H and O–H groups in total. The summed E-state index contributed by atoms with van der Waals surface area (Å²) >= 11 is 0. The molecule has 1 fully saturated rings. The molecule has 1 aliphatic rings. The maximum absolute atomic E-state index is 12.6. The number of halogens is 3. The number of amides is 1. The van der Waals surface area contributed by atoms with Gasteiger partial charge in [0.05, 0.1) is 13.1 Å². The molecular weight excluding hydrogens is 371 g/mol. The lowest BCUT2D eigenvalue weighted by Crippen LogP contribution is -2.31. The van der Waals surface area contributed by atoms with E-state index >= 15 is 0 Å². The van der Waals surface area contributed by atoms with Crippen molar-refractivity contribution in [1.82, 2.24) is 14.5 Å². The van der Waals surface area contributed by atoms with E-state index in [0.29, 0.717) is 5.69 Å². The minimum atomic E-state index is -4.31. The largest absolute Gasteiger partial charge is 0.406 e. The number of alkyl halides is 3. The molecule has 3 rings (SSSR count). The summed E-state index contributed by atoms with van der Waals surface area (Å²) in [6.45, 7) is 1.21. The summed E-state index contributed by atoms with van der Waals surface area (Å²) in [5.74, 6) is 0.0351. The molecule has 1 saturated heterocycles. The van der Waals surface area contributed by atoms with Crippen LogP contribution in [-0.2, 0) is 17.9 Å². The molecule has 0 atom stereocenters. The van der Waals surface area contributed by atoms with Crippen LogP contribution in [0.5, 0.6) is 0 Å². The van der Waals surface area contributed by atoms with E-state index in [-0.39, 0.29) is 24.8 Å². The molecule has 152 valence electrons. The molecule has 9 heteroatoms. The third-order valence-corrected chi connectivity index (χ3v) is 4.60. The summed E-state index contributed by atoms with van der Waals surface area (Å²) in [4.78, 5) is 20.1. The van der Waals surface area contributed by atoms with E-state index in [1.165, 1.54) is 25.2 Å². The molecule has 0 bridgehead atoms. The van der Waals surface area contributed by atoms with Gasteiger partial charge in [-0.05, 0) is 44.2 Å². The van der Waals surface area contributed by atoms with Gasteiger partial charge in [0.15, 0.2) is 0 Å². The van der Waals surface area contributed by atoms with Crippen LogP contribution >= 0.6 is 0 Å². The summed E-state index contributed by atoms with van der Waals surface area (Å²) in [5, 5.41) is 2.82. The molecule has 2 heterocycles. The zero-order valence-corrected chi connectivity index (χ0v) is 15.7. The van der Waals surface area contributed by atoms with Gasteiger partial charge >= 0.3 is 6.18 Å². The van der Waals surface area contributed by atoms with Crippen LogP contribution in [0.2, 0.25) is 0 Å². The highest BCUT2D eigenvalue weighted by atomic mass is 19.4. The number of aromatic nitrogens is 2. The van der Waals surface area contributed by atoms with Gasteiger partial charge in [-0.25, -0.2) is 4.98 Å². The number of carbonyl (C=O) groups excluding carboxylic acids is 1. The van der Waals surface area contributed by atoms with Crippen LogP contribution in [0.1, 0.15) is 18.7 Å². The standard InChI is InChI=1S/C19H24F3N5O/c1-25(12-17-23-8-11-27(17)14-19(20,21)22)13-18(28)24-15-4-6-16(7-5-15)26-9-2-3-10-26/h4-8,11H,2-3,9-10,12-14H2,1H3,(H,24,28). The van der Waals surface area contributed by atoms with Gasteiger partial charge in [-0.2, -0.15) is 13.2 Å². The van der Waals surface area contributed by atoms with Gasteiger partial charge in [0, 0.05) is 36.9 Å². The van der Waals surface area contributed by atoms with Crippen molar-refractivity contribution in [3.05, 3.63) is 42.5 Å². The van der Waals surface area contributed by atoms with Gasteiger partial charge in [0.25, 0.3) is 0 Å². The Morgan fingerprint density at radius 1 is 1.21 bits per heavy atom. The van der Waals surface area contributed by atoms with Crippen molar-refractivity contribution in [3.8, 4) is 0 Å². The number of likely N-dealkylation sites (N-methyl/N-ethyl adjacent to an activating group) is 1. The number of imidazole rings is 1. The third kappa shape index (κ3) is 5.72. The Hall–Kier alpha value is -2.55. The fraction of sp³-hybridized carbons (Fsp3) is 0.474. The van der Waals surface area contributed by atoms with Gasteiger partial charge in [0.2, 0.25) is 5.91 Å². The normalized spacial score (nSPS) is 14.7. The van der Waals surface area contributed by atoms with Gasteiger partial charge in [-0.15, -0.1) is 0 Å². The molecule has 1 aromatic heterocycles. The quantitative estimate of drug-likeness (QED) is 0.783. The lowest BCUT2D eigenvalue weighted by atomic mass is 10.2. The summed E-state index contributed by atoms with van der Waals surface area (Å²) in [6, 6.07) is 7.69. The molecule has 28 heavy (non-hydrogen) atoms. The van der Waals surface area contributed by atoms with E-state index in [2.05, 4.69) is 15.2 Å². The lowest BCUT2D eigenvalue weighted by Gasteiger charge is -2.19. The third-order valence-electron chi connectivity index (χ3n) is 4.60. The van der Waals surface area contributed by atoms with Crippen molar-refractivity contribution in [2.75, 3.05) is 36.9 Å². The Morgan fingerprint density at radius 2 is 1.89 bits per heavy atom. The first-order chi connectivity index (χ1) is 13.3. The fourth-order valence-electron chi connectivity index (χ4n) is 3.30. The number of rotatable bonds is 7. The van der Waals surface area contributed by atoms with E-state index < -0.39 is 12.7 Å². The van der Waals surface area contributed by atoms with Crippen molar-refractivity contribution in [2.24, 2.45) is 0 Å². The highest BCUT2D eigenvalue weighted by Gasteiger charge is 2.29. The molecule has 0 unspecified atom stereocenters. The second-order valence-electron chi connectivity index (χ2n) is 7.05. The molecule has 0 saturated carbocycles. The summed E-state index contributed by atoms with van der Waals surface area (Å²) < 4.78 is 38.8. The SMILES string of the molecule is CN(CC(=O)Nc1ccc(N2CCCC2)cc1)Cc1nccn1CC(F)(F)F. The van der Waals surface area contributed by atoms with Crippen LogP contribution in [0.25, 0.3) is 0 Å². The first-order valence-electron chi connectivity index (χ1n) is 9.20. The zero-order chi connectivity index (χ0) is 20.1. The predicted octanol–water partition coefficient (Wildman–Crippen LogP) is 3.12. The van der Waals surface area contributed by atoms with Crippen LogP contribution < -0.4 is 10.2 Å². The monoisotopic (exact) mass is 395 g/mol. The Kier molecular flexibility index (Phi) is 6.23. The van der Waals surface area contributed by atoms with Crippen LogP contribution in [0.15, 0.2) is 36.7 Å². The second kappa shape index (κ2) is 8.64. The van der Waals surface area contributed by atoms with E-state index in [1.54, 1.807) is 11.9 Å². The van der Waals surface area contributed by atoms with Gasteiger partial charge in [0.1, 0.15) is 12.4 Å². The molecule has 2 aromatic rings. The maximum atomic E-state index is 12.6. The number of hydrogen-bond acceptors (Lipinski definition) is 4. The number of anilines is 2. The number of nitrogens with one attached hydrogen (secondary N) is 1. The molecule has 0 radical (unpaired) electrons. The average molecular weight is 395 g/mol. The fourth-order valence-corrected chi connectivity index (χ4v) is 3.30. The van der Waals surface area contributed by atoms with Gasteiger partial charge in [-0.1, -0.05) is 0 Å². The van der Waals surface area contributed by atoms with Crippen molar-refractivity contribution in [3.63, 3.8) is 0 Å². The molecular formula is C19H24F3N5O. The average Bonchev–Trinajstić information content (AvgIpc) is 3.27. The highest BCUT2D eigenvalue weighted by molar-refractivity contribution is 5.92. The van der Waals surface area contributed by atoms with Crippen molar-refractivity contribution >= 4 is 17.3 Å². The molecule has 1 amide bonds. The predicted molar refractivity (Wildman–Crippen MR) is 101 cm³/mol. The summed E-state index contributed by atoms with van der Waals surface area (Å²) in [7, 11) is 1.67. The smallest absolute Gasteiger partial charge is 0.372 e. The topological polar surface area (TPSA) is 53.4 Å².